The van der Waals surface area contributed by atoms with Crippen LogP contribution in [0.1, 0.15) is 84.5 Å². The van der Waals surface area contributed by atoms with Gasteiger partial charge in [-0.2, -0.15) is 0 Å². The highest BCUT2D eigenvalue weighted by atomic mass is 16.6. The Kier molecular flexibility index (Phi) is 7.57. The van der Waals surface area contributed by atoms with E-state index in [-0.39, 0.29) is 24.9 Å². The molecule has 228 valence electrons. The first kappa shape index (κ1) is 30.3. The monoisotopic (exact) mass is 582 g/mol. The Hall–Kier alpha value is -3.20. The van der Waals surface area contributed by atoms with Crippen molar-refractivity contribution in [2.75, 3.05) is 6.61 Å². The average molecular weight is 583 g/mol. The number of hydrogen-bond donors (Lipinski definition) is 0. The number of ether oxygens (including phenoxy) is 5. The summed E-state index contributed by atoms with van der Waals surface area (Å²) in [6.45, 7) is 12.9. The molecular formula is C33H42O9. The maximum absolute atomic E-state index is 13.4. The van der Waals surface area contributed by atoms with Gasteiger partial charge in [0, 0.05) is 30.1 Å². The smallest absolute Gasteiger partial charge is 0.338 e. The fraction of sp³-hybridized carbons (Fsp3) is 0.636. The van der Waals surface area contributed by atoms with Gasteiger partial charge in [0.25, 0.3) is 0 Å². The van der Waals surface area contributed by atoms with Crippen LogP contribution in [-0.2, 0) is 38.1 Å². The van der Waals surface area contributed by atoms with Gasteiger partial charge in [0.1, 0.15) is 23.9 Å². The lowest BCUT2D eigenvalue weighted by molar-refractivity contribution is -0.349. The third-order valence-corrected chi connectivity index (χ3v) is 10.5. The average Bonchev–Trinajstić information content (AvgIpc) is 3.29. The molecule has 5 rings (SSSR count). The summed E-state index contributed by atoms with van der Waals surface area (Å²) in [5, 5.41) is 0. The maximum Gasteiger partial charge on any atom is 0.338 e. The van der Waals surface area contributed by atoms with Crippen LogP contribution in [0.4, 0.5) is 0 Å². The highest BCUT2D eigenvalue weighted by molar-refractivity contribution is 5.89. The Labute approximate surface area is 247 Å². The van der Waals surface area contributed by atoms with Gasteiger partial charge in [-0.25, -0.2) is 4.79 Å². The predicted octanol–water partition coefficient (Wildman–Crippen LogP) is 4.96. The second kappa shape index (κ2) is 10.5. The van der Waals surface area contributed by atoms with Crippen molar-refractivity contribution in [3.05, 3.63) is 47.5 Å². The summed E-state index contributed by atoms with van der Waals surface area (Å²) >= 11 is 0. The highest BCUT2D eigenvalue weighted by Crippen LogP contribution is 2.68. The van der Waals surface area contributed by atoms with Crippen LogP contribution < -0.4 is 0 Å². The number of hydrogen-bond acceptors (Lipinski definition) is 9. The van der Waals surface area contributed by atoms with E-state index in [2.05, 4.69) is 6.92 Å². The summed E-state index contributed by atoms with van der Waals surface area (Å²) in [4.78, 5) is 51.7. The van der Waals surface area contributed by atoms with Gasteiger partial charge >= 0.3 is 23.9 Å². The van der Waals surface area contributed by atoms with Crippen LogP contribution in [0.25, 0.3) is 0 Å². The molecule has 0 N–H and O–H groups in total. The quantitative estimate of drug-likeness (QED) is 0.270. The third kappa shape index (κ3) is 4.64. The Balaban J connectivity index is 1.68. The zero-order chi connectivity index (χ0) is 30.7. The molecular weight excluding hydrogens is 540 g/mol. The van der Waals surface area contributed by atoms with Crippen molar-refractivity contribution in [1.29, 1.82) is 0 Å². The van der Waals surface area contributed by atoms with E-state index in [0.29, 0.717) is 24.8 Å². The summed E-state index contributed by atoms with van der Waals surface area (Å²) in [5.74, 6) is -2.60. The number of fused-ring (bicyclic) bond motifs is 3. The third-order valence-electron chi connectivity index (χ3n) is 10.5. The fourth-order valence-corrected chi connectivity index (χ4v) is 8.06. The molecule has 0 bridgehead atoms. The summed E-state index contributed by atoms with van der Waals surface area (Å²) in [7, 11) is 0. The molecule has 2 saturated heterocycles. The zero-order valence-corrected chi connectivity index (χ0v) is 25.6. The molecule has 1 aromatic rings. The van der Waals surface area contributed by atoms with Crippen LogP contribution in [0.2, 0.25) is 0 Å². The summed E-state index contributed by atoms with van der Waals surface area (Å²) in [5.41, 5.74) is -2.36. The Morgan fingerprint density at radius 2 is 1.67 bits per heavy atom. The number of rotatable bonds is 5. The zero-order valence-electron chi connectivity index (χ0n) is 25.6. The minimum atomic E-state index is -1.23. The predicted molar refractivity (Wildman–Crippen MR) is 151 cm³/mol. The molecule has 0 aromatic heterocycles. The van der Waals surface area contributed by atoms with Crippen molar-refractivity contribution in [1.82, 2.24) is 0 Å². The van der Waals surface area contributed by atoms with Gasteiger partial charge in [0.15, 0.2) is 12.2 Å². The SMILES string of the molecule is CC(=O)OC1C(OC(=O)C(C)C)C2(C)OC3(CCC2(C)C2C(OC(=O)c4ccccc4)CC=C(C)C12C)COC(=O)C3. The van der Waals surface area contributed by atoms with Crippen LogP contribution >= 0.6 is 0 Å². The van der Waals surface area contributed by atoms with Crippen molar-refractivity contribution in [3.63, 3.8) is 0 Å². The molecule has 4 aliphatic rings. The second-order valence-electron chi connectivity index (χ2n) is 13.4. The lowest BCUT2D eigenvalue weighted by Crippen LogP contribution is -2.78. The van der Waals surface area contributed by atoms with Gasteiger partial charge in [0.2, 0.25) is 0 Å². The molecule has 1 aromatic carbocycles. The molecule has 2 aliphatic carbocycles. The maximum atomic E-state index is 13.4. The van der Waals surface area contributed by atoms with Gasteiger partial charge in [-0.3, -0.25) is 14.4 Å². The van der Waals surface area contributed by atoms with E-state index in [1.165, 1.54) is 6.92 Å². The fourth-order valence-electron chi connectivity index (χ4n) is 8.06. The largest absolute Gasteiger partial charge is 0.463 e. The molecule has 0 radical (unpaired) electrons. The number of esters is 4. The topological polar surface area (TPSA) is 114 Å². The van der Waals surface area contributed by atoms with Gasteiger partial charge in [-0.05, 0) is 38.8 Å². The second-order valence-corrected chi connectivity index (χ2v) is 13.4. The van der Waals surface area contributed by atoms with Crippen molar-refractivity contribution < 1.29 is 42.9 Å². The van der Waals surface area contributed by atoms with Crippen molar-refractivity contribution >= 4 is 23.9 Å². The van der Waals surface area contributed by atoms with E-state index in [9.17, 15) is 19.2 Å². The van der Waals surface area contributed by atoms with E-state index >= 15 is 0 Å². The van der Waals surface area contributed by atoms with Crippen molar-refractivity contribution in [2.45, 2.75) is 104 Å². The van der Waals surface area contributed by atoms with E-state index in [1.807, 2.05) is 32.9 Å². The molecule has 2 aliphatic heterocycles. The standard InChI is InChI=1S/C33H42O9/c1-19(2)28(36)41-27-26(39-21(4)34)31(6)20(3)13-14-23(40-29(37)22-11-9-8-10-12-22)25(31)30(5)15-16-33(42-32(27,30)7)17-24(35)38-18-33/h8-13,19,23,25-27H,14-18H2,1-7H3. The summed E-state index contributed by atoms with van der Waals surface area (Å²) in [6.07, 6.45) is 1.12. The minimum absolute atomic E-state index is 0.0784. The van der Waals surface area contributed by atoms with Crippen molar-refractivity contribution in [2.24, 2.45) is 22.7 Å². The van der Waals surface area contributed by atoms with E-state index < -0.39 is 64.2 Å². The minimum Gasteiger partial charge on any atom is -0.463 e. The summed E-state index contributed by atoms with van der Waals surface area (Å²) < 4.78 is 31.1. The van der Waals surface area contributed by atoms with Gasteiger partial charge < -0.3 is 23.7 Å². The van der Waals surface area contributed by atoms with Gasteiger partial charge in [0.05, 0.1) is 17.9 Å². The van der Waals surface area contributed by atoms with E-state index in [0.717, 1.165) is 5.57 Å². The van der Waals surface area contributed by atoms with Crippen LogP contribution in [0.15, 0.2) is 42.0 Å². The molecule has 1 spiro atoms. The van der Waals surface area contributed by atoms with Crippen LogP contribution in [-0.4, -0.2) is 60.0 Å². The molecule has 8 unspecified atom stereocenters. The summed E-state index contributed by atoms with van der Waals surface area (Å²) in [6, 6.07) is 8.84. The number of benzene rings is 1. The Morgan fingerprint density at radius 1 is 0.976 bits per heavy atom. The van der Waals surface area contributed by atoms with Crippen LogP contribution in [0.5, 0.6) is 0 Å². The molecule has 9 nitrogen and oxygen atoms in total. The molecule has 2 heterocycles. The molecule has 9 heteroatoms. The molecule has 42 heavy (non-hydrogen) atoms. The van der Waals surface area contributed by atoms with E-state index in [1.54, 1.807) is 38.1 Å². The van der Waals surface area contributed by atoms with Gasteiger partial charge in [-0.1, -0.05) is 57.5 Å². The normalized spacial score (nSPS) is 39.0. The van der Waals surface area contributed by atoms with Crippen molar-refractivity contribution in [3.8, 4) is 0 Å². The molecule has 8 atom stereocenters. The van der Waals surface area contributed by atoms with Gasteiger partial charge in [-0.15, -0.1) is 0 Å². The molecule has 3 fully saturated rings. The number of carbonyl (C=O) groups is 4. The Morgan fingerprint density at radius 3 is 2.26 bits per heavy atom. The number of carbonyl (C=O) groups excluding carboxylic acids is 4. The first-order chi connectivity index (χ1) is 19.7. The van der Waals surface area contributed by atoms with Crippen LogP contribution in [0.3, 0.4) is 0 Å². The lowest BCUT2D eigenvalue weighted by atomic mass is 9.41. The number of cyclic esters (lactones) is 1. The first-order valence-corrected chi connectivity index (χ1v) is 14.8. The Bertz CT molecular complexity index is 1300. The molecule has 0 amide bonds. The highest BCUT2D eigenvalue weighted by Gasteiger charge is 2.76. The first-order valence-electron chi connectivity index (χ1n) is 14.8. The lowest BCUT2D eigenvalue weighted by Gasteiger charge is -2.70. The van der Waals surface area contributed by atoms with E-state index in [4.69, 9.17) is 23.7 Å². The molecule has 1 saturated carbocycles. The van der Waals surface area contributed by atoms with Crippen LogP contribution in [0, 0.1) is 22.7 Å².